The average Bonchev–Trinajstić information content (AvgIpc) is 2.54. The van der Waals surface area contributed by atoms with Gasteiger partial charge in [-0.25, -0.2) is 0 Å². The summed E-state index contributed by atoms with van der Waals surface area (Å²) in [6, 6.07) is 4.97. The molecule has 0 spiro atoms. The first-order valence-electron chi connectivity index (χ1n) is 7.86. The minimum Gasteiger partial charge on any atom is -0.406 e. The second-order valence-electron chi connectivity index (χ2n) is 5.58. The molecule has 8 heteroatoms. The molecule has 1 amide bonds. The van der Waals surface area contributed by atoms with Crippen LogP contribution in [-0.4, -0.2) is 49.5 Å². The fraction of sp³-hybridized carbons (Fsp3) is 0.562. The summed E-state index contributed by atoms with van der Waals surface area (Å²) in [5.74, 6) is -0.542. The Bertz CT molecular complexity index is 526. The standard InChI is InChI=1S/C16H21F3N2O3/c17-16(18,19)24-14-4-2-12(3-5-14)15(22)21-9-6-13(7-10-21)23-11-1-8-20/h2-5,13H,1,6-11,20H2. The number of nitrogens with two attached hydrogens (primary N) is 1. The smallest absolute Gasteiger partial charge is 0.406 e. The van der Waals surface area contributed by atoms with E-state index in [-0.39, 0.29) is 17.8 Å². The Hall–Kier alpha value is -1.80. The van der Waals surface area contributed by atoms with E-state index in [2.05, 4.69) is 4.74 Å². The van der Waals surface area contributed by atoms with Gasteiger partial charge in [0, 0.05) is 25.3 Å². The number of benzene rings is 1. The number of hydrogen-bond acceptors (Lipinski definition) is 4. The molecule has 0 radical (unpaired) electrons. The SMILES string of the molecule is NCCCOC1CCN(C(=O)c2ccc(OC(F)(F)F)cc2)CC1. The lowest BCUT2D eigenvalue weighted by Gasteiger charge is -2.32. The zero-order valence-corrected chi connectivity index (χ0v) is 13.2. The van der Waals surface area contributed by atoms with Gasteiger partial charge in [0.15, 0.2) is 0 Å². The fourth-order valence-electron chi connectivity index (χ4n) is 2.54. The summed E-state index contributed by atoms with van der Waals surface area (Å²) in [5.41, 5.74) is 5.75. The Morgan fingerprint density at radius 3 is 2.38 bits per heavy atom. The van der Waals surface area contributed by atoms with Crippen LogP contribution in [0.25, 0.3) is 0 Å². The number of ether oxygens (including phenoxy) is 2. The largest absolute Gasteiger partial charge is 0.573 e. The van der Waals surface area contributed by atoms with Crippen LogP contribution in [-0.2, 0) is 4.74 Å². The van der Waals surface area contributed by atoms with Gasteiger partial charge in [-0.05, 0) is 50.1 Å². The van der Waals surface area contributed by atoms with Crippen molar-refractivity contribution in [3.8, 4) is 5.75 Å². The van der Waals surface area contributed by atoms with E-state index in [9.17, 15) is 18.0 Å². The molecule has 1 aliphatic rings. The van der Waals surface area contributed by atoms with Crippen LogP contribution in [0.2, 0.25) is 0 Å². The molecule has 1 aromatic rings. The zero-order chi connectivity index (χ0) is 17.6. The average molecular weight is 346 g/mol. The van der Waals surface area contributed by atoms with Crippen LogP contribution in [0.3, 0.4) is 0 Å². The molecule has 0 atom stereocenters. The summed E-state index contributed by atoms with van der Waals surface area (Å²) in [7, 11) is 0. The van der Waals surface area contributed by atoms with Gasteiger partial charge >= 0.3 is 6.36 Å². The van der Waals surface area contributed by atoms with Crippen molar-refractivity contribution in [3.63, 3.8) is 0 Å². The van der Waals surface area contributed by atoms with Crippen LogP contribution in [0, 0.1) is 0 Å². The summed E-state index contributed by atoms with van der Waals surface area (Å²) in [6.45, 7) is 2.33. The first-order valence-corrected chi connectivity index (χ1v) is 7.86. The summed E-state index contributed by atoms with van der Waals surface area (Å²) in [5, 5.41) is 0. The minimum atomic E-state index is -4.74. The Balaban J connectivity index is 1.84. The number of likely N-dealkylation sites (tertiary alicyclic amines) is 1. The summed E-state index contributed by atoms with van der Waals surface area (Å²) < 4.78 is 45.8. The van der Waals surface area contributed by atoms with Crippen LogP contribution < -0.4 is 10.5 Å². The molecule has 134 valence electrons. The normalized spacial score (nSPS) is 16.2. The molecule has 1 heterocycles. The van der Waals surface area contributed by atoms with Crippen LogP contribution in [0.5, 0.6) is 5.75 Å². The summed E-state index contributed by atoms with van der Waals surface area (Å²) in [6.07, 6.45) is -2.32. The zero-order valence-electron chi connectivity index (χ0n) is 13.2. The molecule has 0 unspecified atom stereocenters. The van der Waals surface area contributed by atoms with Gasteiger partial charge in [-0.2, -0.15) is 0 Å². The lowest BCUT2D eigenvalue weighted by atomic mass is 10.1. The number of hydrogen-bond donors (Lipinski definition) is 1. The highest BCUT2D eigenvalue weighted by molar-refractivity contribution is 5.94. The first kappa shape index (κ1) is 18.5. The van der Waals surface area contributed by atoms with Gasteiger partial charge in [0.1, 0.15) is 5.75 Å². The first-order chi connectivity index (χ1) is 11.4. The number of carbonyl (C=O) groups is 1. The maximum atomic E-state index is 12.4. The second kappa shape index (κ2) is 8.34. The number of carbonyl (C=O) groups excluding carboxylic acids is 1. The number of amides is 1. The maximum absolute atomic E-state index is 12.4. The fourth-order valence-corrected chi connectivity index (χ4v) is 2.54. The van der Waals surface area contributed by atoms with Gasteiger partial charge in [-0.15, -0.1) is 13.2 Å². The molecule has 1 aliphatic heterocycles. The van der Waals surface area contributed by atoms with Gasteiger partial charge < -0.3 is 20.1 Å². The van der Waals surface area contributed by atoms with E-state index in [1.54, 1.807) is 4.90 Å². The third-order valence-electron chi connectivity index (χ3n) is 3.77. The molecule has 0 bridgehead atoms. The molecule has 0 aromatic heterocycles. The molecule has 1 saturated heterocycles. The lowest BCUT2D eigenvalue weighted by Crippen LogP contribution is -2.41. The molecular formula is C16H21F3N2O3. The minimum absolute atomic E-state index is 0.128. The van der Waals surface area contributed by atoms with Crippen molar-refractivity contribution in [1.29, 1.82) is 0 Å². The van der Waals surface area contributed by atoms with Crippen molar-refractivity contribution in [3.05, 3.63) is 29.8 Å². The molecule has 1 aromatic carbocycles. The van der Waals surface area contributed by atoms with Crippen molar-refractivity contribution in [2.45, 2.75) is 31.7 Å². The van der Waals surface area contributed by atoms with E-state index >= 15 is 0 Å². The molecule has 2 rings (SSSR count). The van der Waals surface area contributed by atoms with Crippen molar-refractivity contribution in [2.75, 3.05) is 26.2 Å². The van der Waals surface area contributed by atoms with Crippen molar-refractivity contribution < 1.29 is 27.4 Å². The van der Waals surface area contributed by atoms with Gasteiger partial charge in [0.2, 0.25) is 0 Å². The van der Waals surface area contributed by atoms with Gasteiger partial charge in [-0.3, -0.25) is 4.79 Å². The number of nitrogens with zero attached hydrogens (tertiary/aromatic N) is 1. The quantitative estimate of drug-likeness (QED) is 0.804. The van der Waals surface area contributed by atoms with E-state index in [0.29, 0.717) is 31.8 Å². The van der Waals surface area contributed by atoms with Gasteiger partial charge in [-0.1, -0.05) is 0 Å². The van der Waals surface area contributed by atoms with Crippen LogP contribution >= 0.6 is 0 Å². The third kappa shape index (κ3) is 5.68. The predicted molar refractivity (Wildman–Crippen MR) is 81.7 cm³/mol. The van der Waals surface area contributed by atoms with E-state index < -0.39 is 6.36 Å². The highest BCUT2D eigenvalue weighted by Crippen LogP contribution is 2.23. The Labute approximate surface area is 138 Å². The Kier molecular flexibility index (Phi) is 6.44. The van der Waals surface area contributed by atoms with E-state index in [1.165, 1.54) is 12.1 Å². The molecular weight excluding hydrogens is 325 g/mol. The van der Waals surface area contributed by atoms with Crippen LogP contribution in [0.1, 0.15) is 29.6 Å². The van der Waals surface area contributed by atoms with Crippen molar-refractivity contribution in [2.24, 2.45) is 5.73 Å². The predicted octanol–water partition coefficient (Wildman–Crippen LogP) is 2.56. The molecule has 0 saturated carbocycles. The number of piperidine rings is 1. The van der Waals surface area contributed by atoms with E-state index in [1.807, 2.05) is 0 Å². The van der Waals surface area contributed by atoms with Crippen molar-refractivity contribution >= 4 is 5.91 Å². The van der Waals surface area contributed by atoms with Crippen molar-refractivity contribution in [1.82, 2.24) is 4.90 Å². The van der Waals surface area contributed by atoms with Gasteiger partial charge in [0.05, 0.1) is 6.10 Å². The summed E-state index contributed by atoms with van der Waals surface area (Å²) >= 11 is 0. The highest BCUT2D eigenvalue weighted by Gasteiger charge is 2.31. The van der Waals surface area contributed by atoms with Gasteiger partial charge in [0.25, 0.3) is 5.91 Å². The Morgan fingerprint density at radius 1 is 1.21 bits per heavy atom. The molecule has 24 heavy (non-hydrogen) atoms. The lowest BCUT2D eigenvalue weighted by molar-refractivity contribution is -0.274. The second-order valence-corrected chi connectivity index (χ2v) is 5.58. The molecule has 0 aliphatic carbocycles. The summed E-state index contributed by atoms with van der Waals surface area (Å²) in [4.78, 5) is 14.1. The van der Waals surface area contributed by atoms with E-state index in [4.69, 9.17) is 10.5 Å². The molecule has 5 nitrogen and oxygen atoms in total. The Morgan fingerprint density at radius 2 is 1.83 bits per heavy atom. The van der Waals surface area contributed by atoms with Crippen LogP contribution in [0.4, 0.5) is 13.2 Å². The van der Waals surface area contributed by atoms with Crippen LogP contribution in [0.15, 0.2) is 24.3 Å². The number of halogens is 3. The monoisotopic (exact) mass is 346 g/mol. The van der Waals surface area contributed by atoms with E-state index in [0.717, 1.165) is 31.4 Å². The third-order valence-corrected chi connectivity index (χ3v) is 3.77. The highest BCUT2D eigenvalue weighted by atomic mass is 19.4. The number of alkyl halides is 3. The molecule has 1 fully saturated rings. The topological polar surface area (TPSA) is 64.8 Å². The number of rotatable bonds is 6. The molecule has 2 N–H and O–H groups in total. The maximum Gasteiger partial charge on any atom is 0.573 e.